The summed E-state index contributed by atoms with van der Waals surface area (Å²) in [5.41, 5.74) is 2.76. The number of methoxy groups -OCH3 is 1. The number of hydrogen-bond acceptors (Lipinski definition) is 3. The van der Waals surface area contributed by atoms with E-state index in [1.807, 2.05) is 50.2 Å². The molecule has 0 aliphatic carbocycles. The highest BCUT2D eigenvalue weighted by molar-refractivity contribution is 5.96. The SMILES string of the molecule is CCOc1ccccc1C(=O)NCC(OC)c1ccccc1C. The normalized spacial score (nSPS) is 11.8. The average molecular weight is 313 g/mol. The number of amides is 1. The minimum Gasteiger partial charge on any atom is -0.493 e. The van der Waals surface area contributed by atoms with Crippen LogP contribution in [0.3, 0.4) is 0 Å². The van der Waals surface area contributed by atoms with Crippen LogP contribution in [-0.2, 0) is 4.74 Å². The molecule has 4 heteroatoms. The number of benzene rings is 2. The van der Waals surface area contributed by atoms with E-state index >= 15 is 0 Å². The summed E-state index contributed by atoms with van der Waals surface area (Å²) in [6.07, 6.45) is -0.181. The van der Waals surface area contributed by atoms with E-state index in [1.54, 1.807) is 19.2 Å². The molecular formula is C19H23NO3. The van der Waals surface area contributed by atoms with Gasteiger partial charge in [-0.25, -0.2) is 0 Å². The molecule has 1 atom stereocenters. The molecule has 0 aromatic heterocycles. The lowest BCUT2D eigenvalue weighted by Gasteiger charge is -2.19. The zero-order valence-corrected chi connectivity index (χ0v) is 13.8. The number of hydrogen-bond donors (Lipinski definition) is 1. The van der Waals surface area contributed by atoms with Gasteiger partial charge in [0.1, 0.15) is 5.75 Å². The topological polar surface area (TPSA) is 47.6 Å². The van der Waals surface area contributed by atoms with Gasteiger partial charge in [0.25, 0.3) is 5.91 Å². The fourth-order valence-corrected chi connectivity index (χ4v) is 2.48. The summed E-state index contributed by atoms with van der Waals surface area (Å²) in [7, 11) is 1.65. The van der Waals surface area contributed by atoms with Gasteiger partial charge in [0.15, 0.2) is 0 Å². The van der Waals surface area contributed by atoms with Crippen molar-refractivity contribution in [2.75, 3.05) is 20.3 Å². The van der Waals surface area contributed by atoms with Crippen LogP contribution in [-0.4, -0.2) is 26.2 Å². The van der Waals surface area contributed by atoms with Crippen LogP contribution in [0.1, 0.15) is 34.5 Å². The van der Waals surface area contributed by atoms with Gasteiger partial charge < -0.3 is 14.8 Å². The maximum Gasteiger partial charge on any atom is 0.255 e. The molecule has 2 aromatic rings. The fraction of sp³-hybridized carbons (Fsp3) is 0.316. The molecule has 4 nitrogen and oxygen atoms in total. The molecule has 0 aliphatic heterocycles. The lowest BCUT2D eigenvalue weighted by molar-refractivity contribution is 0.0823. The van der Waals surface area contributed by atoms with Crippen molar-refractivity contribution in [1.29, 1.82) is 0 Å². The minimum atomic E-state index is -0.181. The first-order valence-electron chi connectivity index (χ1n) is 7.75. The molecule has 0 bridgehead atoms. The molecule has 23 heavy (non-hydrogen) atoms. The molecule has 0 saturated heterocycles. The van der Waals surface area contributed by atoms with E-state index in [2.05, 4.69) is 5.32 Å². The van der Waals surface area contributed by atoms with Crippen LogP contribution in [0.5, 0.6) is 5.75 Å². The van der Waals surface area contributed by atoms with Gasteiger partial charge in [-0.05, 0) is 37.1 Å². The van der Waals surface area contributed by atoms with E-state index < -0.39 is 0 Å². The zero-order valence-electron chi connectivity index (χ0n) is 13.8. The average Bonchev–Trinajstić information content (AvgIpc) is 2.57. The maximum atomic E-state index is 12.4. The molecule has 0 heterocycles. The number of para-hydroxylation sites is 1. The highest BCUT2D eigenvalue weighted by Crippen LogP contribution is 2.21. The Balaban J connectivity index is 2.07. The minimum absolute atomic E-state index is 0.162. The number of rotatable bonds is 7. The number of carbonyl (C=O) groups excluding carboxylic acids is 1. The van der Waals surface area contributed by atoms with Gasteiger partial charge in [0, 0.05) is 13.7 Å². The molecule has 0 aliphatic rings. The van der Waals surface area contributed by atoms with E-state index in [4.69, 9.17) is 9.47 Å². The van der Waals surface area contributed by atoms with Crippen molar-refractivity contribution in [2.45, 2.75) is 20.0 Å². The Morgan fingerprint density at radius 2 is 1.83 bits per heavy atom. The predicted molar refractivity (Wildman–Crippen MR) is 90.9 cm³/mol. The quantitative estimate of drug-likeness (QED) is 0.851. The van der Waals surface area contributed by atoms with Gasteiger partial charge in [0.05, 0.1) is 18.3 Å². The van der Waals surface area contributed by atoms with Crippen molar-refractivity contribution in [1.82, 2.24) is 5.32 Å². The molecule has 0 radical (unpaired) electrons. The summed E-state index contributed by atoms with van der Waals surface area (Å²) < 4.78 is 11.0. The summed E-state index contributed by atoms with van der Waals surface area (Å²) in [6.45, 7) is 4.86. The Morgan fingerprint density at radius 3 is 2.52 bits per heavy atom. The van der Waals surface area contributed by atoms with Crippen LogP contribution in [0, 0.1) is 6.92 Å². The first-order valence-corrected chi connectivity index (χ1v) is 7.75. The monoisotopic (exact) mass is 313 g/mol. The molecule has 2 rings (SSSR count). The molecule has 122 valence electrons. The van der Waals surface area contributed by atoms with Crippen molar-refractivity contribution in [3.8, 4) is 5.75 Å². The summed E-state index contributed by atoms with van der Waals surface area (Å²) in [6, 6.07) is 15.3. The van der Waals surface area contributed by atoms with E-state index in [0.717, 1.165) is 11.1 Å². The third kappa shape index (κ3) is 4.33. The summed E-state index contributed by atoms with van der Waals surface area (Å²) in [5.74, 6) is 0.432. The van der Waals surface area contributed by atoms with Crippen molar-refractivity contribution in [3.05, 3.63) is 65.2 Å². The molecular weight excluding hydrogens is 290 g/mol. The van der Waals surface area contributed by atoms with Crippen LogP contribution in [0.15, 0.2) is 48.5 Å². The smallest absolute Gasteiger partial charge is 0.255 e. The first-order chi connectivity index (χ1) is 11.2. The Hall–Kier alpha value is -2.33. The van der Waals surface area contributed by atoms with E-state index in [-0.39, 0.29) is 12.0 Å². The van der Waals surface area contributed by atoms with Crippen LogP contribution < -0.4 is 10.1 Å². The molecule has 0 spiro atoms. The maximum absolute atomic E-state index is 12.4. The second-order valence-corrected chi connectivity index (χ2v) is 5.22. The number of ether oxygens (including phenoxy) is 2. The van der Waals surface area contributed by atoms with Gasteiger partial charge >= 0.3 is 0 Å². The van der Waals surface area contributed by atoms with Crippen LogP contribution in [0.2, 0.25) is 0 Å². The van der Waals surface area contributed by atoms with Crippen LogP contribution >= 0.6 is 0 Å². The standard InChI is InChI=1S/C19H23NO3/c1-4-23-17-12-8-7-11-16(17)19(21)20-13-18(22-3)15-10-6-5-9-14(15)2/h5-12,18H,4,13H2,1-3H3,(H,20,21). The Morgan fingerprint density at radius 1 is 1.13 bits per heavy atom. The predicted octanol–water partition coefficient (Wildman–Crippen LogP) is 3.51. The largest absolute Gasteiger partial charge is 0.493 e. The Kier molecular flexibility index (Phi) is 6.18. The van der Waals surface area contributed by atoms with Gasteiger partial charge in [0.2, 0.25) is 0 Å². The van der Waals surface area contributed by atoms with E-state index in [9.17, 15) is 4.79 Å². The van der Waals surface area contributed by atoms with Crippen molar-refractivity contribution >= 4 is 5.91 Å². The molecule has 1 unspecified atom stereocenters. The summed E-state index contributed by atoms with van der Waals surface area (Å²) in [5, 5.41) is 2.93. The van der Waals surface area contributed by atoms with E-state index in [0.29, 0.717) is 24.5 Å². The molecule has 2 aromatic carbocycles. The Bertz CT molecular complexity index is 655. The molecule has 0 saturated carbocycles. The van der Waals surface area contributed by atoms with E-state index in [1.165, 1.54) is 0 Å². The van der Waals surface area contributed by atoms with Crippen molar-refractivity contribution in [2.24, 2.45) is 0 Å². The highest BCUT2D eigenvalue weighted by Gasteiger charge is 2.16. The van der Waals surface area contributed by atoms with Gasteiger partial charge in [-0.3, -0.25) is 4.79 Å². The third-order valence-corrected chi connectivity index (χ3v) is 3.70. The van der Waals surface area contributed by atoms with Crippen LogP contribution in [0.25, 0.3) is 0 Å². The number of carbonyl (C=O) groups is 1. The molecule has 1 amide bonds. The summed E-state index contributed by atoms with van der Waals surface area (Å²) in [4.78, 5) is 12.4. The number of aryl methyl sites for hydroxylation is 1. The lowest BCUT2D eigenvalue weighted by Crippen LogP contribution is -2.29. The van der Waals surface area contributed by atoms with Crippen molar-refractivity contribution in [3.63, 3.8) is 0 Å². The summed E-state index contributed by atoms with van der Waals surface area (Å²) >= 11 is 0. The lowest BCUT2D eigenvalue weighted by atomic mass is 10.0. The fourth-order valence-electron chi connectivity index (χ4n) is 2.48. The Labute approximate surface area is 137 Å². The van der Waals surface area contributed by atoms with Gasteiger partial charge in [-0.2, -0.15) is 0 Å². The third-order valence-electron chi connectivity index (χ3n) is 3.70. The number of nitrogens with one attached hydrogen (secondary N) is 1. The first kappa shape index (κ1) is 17.0. The molecule has 0 fully saturated rings. The van der Waals surface area contributed by atoms with Crippen molar-refractivity contribution < 1.29 is 14.3 Å². The highest BCUT2D eigenvalue weighted by atomic mass is 16.5. The van der Waals surface area contributed by atoms with Crippen LogP contribution in [0.4, 0.5) is 0 Å². The van der Waals surface area contributed by atoms with Gasteiger partial charge in [-0.15, -0.1) is 0 Å². The zero-order chi connectivity index (χ0) is 16.7. The second kappa shape index (κ2) is 8.34. The molecule has 1 N–H and O–H groups in total. The second-order valence-electron chi connectivity index (χ2n) is 5.22. The van der Waals surface area contributed by atoms with Gasteiger partial charge in [-0.1, -0.05) is 36.4 Å².